The Morgan fingerprint density at radius 2 is 1.62 bits per heavy atom. The van der Waals surface area contributed by atoms with E-state index in [2.05, 4.69) is 59.0 Å². The van der Waals surface area contributed by atoms with Crippen molar-refractivity contribution >= 4 is 42.8 Å². The first-order valence-electron chi connectivity index (χ1n) is 16.5. The van der Waals surface area contributed by atoms with Crippen molar-refractivity contribution in [2.45, 2.75) is 69.7 Å². The van der Waals surface area contributed by atoms with Crippen LogP contribution in [0.3, 0.4) is 0 Å². The second kappa shape index (κ2) is 15.6. The van der Waals surface area contributed by atoms with E-state index in [1.807, 2.05) is 10.6 Å². The molecule has 5 aromatic rings. The largest absolute Gasteiger partial charge is 0.480 e. The van der Waals surface area contributed by atoms with Gasteiger partial charge in [-0.25, -0.2) is 31.8 Å². The van der Waals surface area contributed by atoms with Crippen molar-refractivity contribution in [3.63, 3.8) is 0 Å². The van der Waals surface area contributed by atoms with Gasteiger partial charge in [0.25, 0.3) is 10.0 Å². The third kappa shape index (κ3) is 8.90. The highest BCUT2D eigenvalue weighted by Crippen LogP contribution is 2.37. The molecule has 0 unspecified atom stereocenters. The van der Waals surface area contributed by atoms with Gasteiger partial charge in [-0.3, -0.25) is 9.71 Å². The van der Waals surface area contributed by atoms with E-state index in [0.29, 0.717) is 30.1 Å². The first kappa shape index (κ1) is 38.7. The Morgan fingerprint density at radius 1 is 0.923 bits per heavy atom. The second-order valence-electron chi connectivity index (χ2n) is 14.5. The summed E-state index contributed by atoms with van der Waals surface area (Å²) in [6, 6.07) is 8.93. The van der Waals surface area contributed by atoms with Crippen molar-refractivity contribution in [3.05, 3.63) is 66.3 Å². The molecule has 0 aliphatic rings. The van der Waals surface area contributed by atoms with E-state index in [4.69, 9.17) is 19.3 Å². The molecule has 0 saturated carbocycles. The third-order valence-corrected chi connectivity index (χ3v) is 12.8. The summed E-state index contributed by atoms with van der Waals surface area (Å²) in [7, 11) is -6.06. The Bertz CT molecular complexity index is 2230. The van der Waals surface area contributed by atoms with Gasteiger partial charge >= 0.3 is 0 Å². The minimum Gasteiger partial charge on any atom is -0.480 e. The van der Waals surface area contributed by atoms with Crippen LogP contribution >= 0.6 is 0 Å². The lowest BCUT2D eigenvalue weighted by Crippen LogP contribution is -2.22. The van der Waals surface area contributed by atoms with Crippen LogP contribution in [-0.2, 0) is 33.0 Å². The number of aromatic nitrogens is 6. The maximum absolute atomic E-state index is 16.9. The summed E-state index contributed by atoms with van der Waals surface area (Å²) < 4.78 is 80.1. The molecule has 0 spiro atoms. The van der Waals surface area contributed by atoms with E-state index < -0.39 is 42.7 Å². The van der Waals surface area contributed by atoms with E-state index in [9.17, 15) is 18.1 Å². The van der Waals surface area contributed by atoms with Crippen molar-refractivity contribution in [1.29, 1.82) is 5.26 Å². The van der Waals surface area contributed by atoms with E-state index in [0.717, 1.165) is 24.4 Å². The van der Waals surface area contributed by atoms with Crippen LogP contribution in [0.15, 0.2) is 53.9 Å². The number of methoxy groups -OCH3 is 1. The number of nitriles is 1. The van der Waals surface area contributed by atoms with Crippen LogP contribution in [-0.4, -0.2) is 74.2 Å². The van der Waals surface area contributed by atoms with Crippen LogP contribution in [0.1, 0.15) is 5.56 Å². The quantitative estimate of drug-likeness (QED) is 0.0823. The number of benzene rings is 1. The lowest BCUT2D eigenvalue weighted by Gasteiger charge is -2.16. The van der Waals surface area contributed by atoms with E-state index in [1.54, 1.807) is 18.5 Å². The summed E-state index contributed by atoms with van der Waals surface area (Å²) >= 11 is 0. The van der Waals surface area contributed by atoms with E-state index in [-0.39, 0.29) is 47.4 Å². The average Bonchev–Trinajstić information content (AvgIpc) is 3.69. The molecule has 0 radical (unpaired) electrons. The first-order valence-corrected chi connectivity index (χ1v) is 25.4. The van der Waals surface area contributed by atoms with Gasteiger partial charge < -0.3 is 18.8 Å². The molecule has 1 aromatic carbocycles. The minimum atomic E-state index is -4.52. The highest BCUT2D eigenvalue weighted by molar-refractivity contribution is 7.92. The first-order chi connectivity index (χ1) is 24.5. The zero-order valence-electron chi connectivity index (χ0n) is 30.2. The fraction of sp³-hybridized carbons (Fsp3) is 0.382. The van der Waals surface area contributed by atoms with Crippen molar-refractivity contribution in [1.82, 2.24) is 29.3 Å². The molecule has 5 rings (SSSR count). The van der Waals surface area contributed by atoms with Crippen LogP contribution in [0, 0.1) is 23.0 Å². The molecule has 0 atom stereocenters. The van der Waals surface area contributed by atoms with Gasteiger partial charge in [0.15, 0.2) is 16.5 Å². The third-order valence-electron chi connectivity index (χ3n) is 8.04. The van der Waals surface area contributed by atoms with Crippen molar-refractivity contribution in [3.8, 4) is 34.7 Å². The number of ether oxygens (including phenoxy) is 3. The SMILES string of the molecule is COc1ncc(F)cc1S(=O)(=O)Nc1ccnc(-c2ccc3c(-c4nccn4COCC[Si](C)(C)C)nn(COCC[Si](C)(C)C)c3c2F)c1C#N. The molecule has 4 heterocycles. The molecule has 0 aliphatic carbocycles. The lowest BCUT2D eigenvalue weighted by atomic mass is 10.0. The van der Waals surface area contributed by atoms with Crippen LogP contribution in [0.4, 0.5) is 14.5 Å². The number of nitrogens with zero attached hydrogens (tertiary/aromatic N) is 7. The van der Waals surface area contributed by atoms with Crippen LogP contribution in [0.25, 0.3) is 33.7 Å². The Kier molecular flexibility index (Phi) is 11.6. The van der Waals surface area contributed by atoms with E-state index >= 15 is 4.39 Å². The summed E-state index contributed by atoms with van der Waals surface area (Å²) in [6.07, 6.45) is 5.45. The predicted octanol–water partition coefficient (Wildman–Crippen LogP) is 6.94. The smallest absolute Gasteiger partial charge is 0.267 e. The number of hydrogen-bond acceptors (Lipinski definition) is 10. The molecule has 0 bridgehead atoms. The number of halogens is 2. The van der Waals surface area contributed by atoms with E-state index in [1.165, 1.54) is 30.1 Å². The molecular weight excluding hydrogens is 727 g/mol. The Balaban J connectivity index is 1.57. The predicted molar refractivity (Wildman–Crippen MR) is 199 cm³/mol. The highest BCUT2D eigenvalue weighted by Gasteiger charge is 2.27. The van der Waals surface area contributed by atoms with Crippen LogP contribution in [0.5, 0.6) is 5.88 Å². The van der Waals surface area contributed by atoms with Gasteiger partial charge in [0.1, 0.15) is 42.1 Å². The normalized spacial score (nSPS) is 12.3. The van der Waals surface area contributed by atoms with Crippen LogP contribution < -0.4 is 9.46 Å². The average molecular weight is 769 g/mol. The van der Waals surface area contributed by atoms with Gasteiger partial charge in [0.2, 0.25) is 5.88 Å². The monoisotopic (exact) mass is 768 g/mol. The number of pyridine rings is 2. The molecule has 276 valence electrons. The molecule has 13 nitrogen and oxygen atoms in total. The number of nitrogens with one attached hydrogen (secondary N) is 1. The van der Waals surface area contributed by atoms with Gasteiger partial charge in [0, 0.05) is 65.0 Å². The summed E-state index contributed by atoms with van der Waals surface area (Å²) in [5, 5.41) is 15.4. The number of fused-ring (bicyclic) bond motifs is 1. The molecule has 52 heavy (non-hydrogen) atoms. The number of sulfonamides is 1. The van der Waals surface area contributed by atoms with Crippen molar-refractivity contribution < 1.29 is 31.4 Å². The standard InChI is InChI=1S/C34H42F2N8O5SSi2/c1-47-34-28(18-23(35)20-40-34)50(45,46)42-27-10-11-38-30(26(27)19-37)24-8-9-25-31(33-39-12-13-43(33)21-48-14-16-51(2,3)4)41-44(32(25)29(24)36)22-49-15-17-52(5,6)7/h8-13,18,20H,14-17,21-22H2,1-7H3,(H,38,42). The minimum absolute atomic E-state index is 0.0589. The zero-order chi connectivity index (χ0) is 37.8. The molecule has 0 saturated heterocycles. The number of imidazole rings is 1. The summed E-state index contributed by atoms with van der Waals surface area (Å²) in [5.74, 6) is -1.55. The molecule has 0 fully saturated rings. The maximum Gasteiger partial charge on any atom is 0.267 e. The Labute approximate surface area is 303 Å². The molecule has 0 amide bonds. The van der Waals surface area contributed by atoms with Gasteiger partial charge in [-0.1, -0.05) is 39.3 Å². The summed E-state index contributed by atoms with van der Waals surface area (Å²) in [6.45, 7) is 14.8. The number of anilines is 1. The molecule has 0 aliphatic heterocycles. The molecular formula is C34H42F2N8O5SSi2. The van der Waals surface area contributed by atoms with Gasteiger partial charge in [0.05, 0.1) is 24.7 Å². The second-order valence-corrected chi connectivity index (χ2v) is 27.4. The fourth-order valence-electron chi connectivity index (χ4n) is 5.19. The van der Waals surface area contributed by atoms with Crippen LogP contribution in [0.2, 0.25) is 51.4 Å². The lowest BCUT2D eigenvalue weighted by molar-refractivity contribution is 0.0812. The maximum atomic E-state index is 16.9. The van der Waals surface area contributed by atoms with Crippen molar-refractivity contribution in [2.24, 2.45) is 0 Å². The number of hydrogen-bond donors (Lipinski definition) is 1. The van der Waals surface area contributed by atoms with Gasteiger partial charge in [-0.05, 0) is 30.3 Å². The summed E-state index contributed by atoms with van der Waals surface area (Å²) in [4.78, 5) is 11.9. The molecule has 4 aromatic heterocycles. The Hall–Kier alpha value is -4.55. The van der Waals surface area contributed by atoms with Gasteiger partial charge in [-0.15, -0.1) is 0 Å². The van der Waals surface area contributed by atoms with Crippen molar-refractivity contribution in [2.75, 3.05) is 25.0 Å². The molecule has 1 N–H and O–H groups in total. The summed E-state index contributed by atoms with van der Waals surface area (Å²) in [5.41, 5.74) is -0.196. The topological polar surface area (TPSA) is 159 Å². The Morgan fingerprint density at radius 3 is 2.27 bits per heavy atom. The zero-order valence-corrected chi connectivity index (χ0v) is 33.0. The highest BCUT2D eigenvalue weighted by atomic mass is 32.2. The van der Waals surface area contributed by atoms with Gasteiger partial charge in [-0.2, -0.15) is 10.4 Å². The fourth-order valence-corrected chi connectivity index (χ4v) is 7.91. The molecule has 18 heteroatoms. The number of rotatable bonds is 16.